The summed E-state index contributed by atoms with van der Waals surface area (Å²) >= 11 is 0. The number of benzene rings is 2. The van der Waals surface area contributed by atoms with Crippen LogP contribution in [0.15, 0.2) is 59.6 Å². The molecule has 0 saturated heterocycles. The number of aromatic nitrogens is 1. The zero-order chi connectivity index (χ0) is 16.8. The van der Waals surface area contributed by atoms with Crippen LogP contribution < -0.4 is 4.72 Å². The topological polar surface area (TPSA) is 62.0 Å². The minimum absolute atomic E-state index is 0.0868. The van der Waals surface area contributed by atoms with Gasteiger partial charge in [-0.25, -0.2) is 13.1 Å². The highest BCUT2D eigenvalue weighted by Gasteiger charge is 2.46. The second-order valence-electron chi connectivity index (χ2n) is 6.67. The first-order chi connectivity index (χ1) is 11.5. The van der Waals surface area contributed by atoms with Gasteiger partial charge in [0.25, 0.3) is 0 Å². The van der Waals surface area contributed by atoms with E-state index in [1.165, 1.54) is 10.9 Å². The number of aryl methyl sites for hydroxylation is 1. The van der Waals surface area contributed by atoms with Gasteiger partial charge in [-0.2, -0.15) is 0 Å². The molecule has 1 aliphatic rings. The van der Waals surface area contributed by atoms with Gasteiger partial charge in [0.05, 0.1) is 4.90 Å². The molecule has 0 bridgehead atoms. The maximum Gasteiger partial charge on any atom is 0.240 e. The van der Waals surface area contributed by atoms with Crippen LogP contribution >= 0.6 is 0 Å². The van der Waals surface area contributed by atoms with Crippen LogP contribution in [0, 0.1) is 6.92 Å². The average Bonchev–Trinajstić information content (AvgIpc) is 3.24. The van der Waals surface area contributed by atoms with Crippen molar-refractivity contribution in [2.75, 3.05) is 6.54 Å². The van der Waals surface area contributed by atoms with Gasteiger partial charge in [0.2, 0.25) is 10.0 Å². The van der Waals surface area contributed by atoms with E-state index in [4.69, 9.17) is 0 Å². The zero-order valence-electron chi connectivity index (χ0n) is 13.5. The third kappa shape index (κ3) is 2.64. The third-order valence-corrected chi connectivity index (χ3v) is 6.31. The summed E-state index contributed by atoms with van der Waals surface area (Å²) in [6.45, 7) is 2.33. The molecule has 4 rings (SSSR count). The van der Waals surface area contributed by atoms with E-state index in [0.29, 0.717) is 11.4 Å². The molecule has 24 heavy (non-hydrogen) atoms. The lowest BCUT2D eigenvalue weighted by molar-refractivity contribution is 0.567. The van der Waals surface area contributed by atoms with Crippen molar-refractivity contribution < 1.29 is 8.42 Å². The predicted molar refractivity (Wildman–Crippen MR) is 95.6 cm³/mol. The van der Waals surface area contributed by atoms with Gasteiger partial charge in [0.15, 0.2) is 0 Å². The molecule has 2 aromatic carbocycles. The maximum absolute atomic E-state index is 12.6. The van der Waals surface area contributed by atoms with Gasteiger partial charge in [-0.1, -0.05) is 30.3 Å². The molecule has 5 heteroatoms. The lowest BCUT2D eigenvalue weighted by Crippen LogP contribution is -2.32. The first-order valence-corrected chi connectivity index (χ1v) is 9.62. The number of nitrogens with one attached hydrogen (secondary N) is 2. The zero-order valence-corrected chi connectivity index (χ0v) is 14.4. The number of para-hydroxylation sites is 1. The fourth-order valence-electron chi connectivity index (χ4n) is 3.30. The van der Waals surface area contributed by atoms with Gasteiger partial charge < -0.3 is 4.98 Å². The Morgan fingerprint density at radius 3 is 2.67 bits per heavy atom. The minimum atomic E-state index is -3.48. The molecule has 4 nitrogen and oxygen atoms in total. The molecule has 0 aliphatic heterocycles. The summed E-state index contributed by atoms with van der Waals surface area (Å²) in [4.78, 5) is 3.62. The summed E-state index contributed by atoms with van der Waals surface area (Å²) in [7, 11) is -3.48. The molecule has 0 spiro atoms. The van der Waals surface area contributed by atoms with Crippen LogP contribution in [0.5, 0.6) is 0 Å². The molecule has 0 amide bonds. The minimum Gasteiger partial charge on any atom is -0.361 e. The van der Waals surface area contributed by atoms with Crippen molar-refractivity contribution in [1.29, 1.82) is 0 Å². The van der Waals surface area contributed by atoms with Crippen LogP contribution in [-0.4, -0.2) is 19.9 Å². The molecule has 3 aromatic rings. The summed E-state index contributed by atoms with van der Waals surface area (Å²) < 4.78 is 28.0. The van der Waals surface area contributed by atoms with Crippen LogP contribution in [0.2, 0.25) is 0 Å². The number of fused-ring (bicyclic) bond motifs is 1. The average molecular weight is 340 g/mol. The Bertz CT molecular complexity index is 1000. The number of aromatic amines is 1. The Kier molecular flexibility index (Phi) is 3.51. The van der Waals surface area contributed by atoms with Crippen molar-refractivity contribution in [1.82, 2.24) is 9.71 Å². The van der Waals surface area contributed by atoms with Gasteiger partial charge in [-0.15, -0.1) is 0 Å². The van der Waals surface area contributed by atoms with Crippen molar-refractivity contribution in [2.45, 2.75) is 30.1 Å². The molecule has 0 radical (unpaired) electrons. The normalized spacial score (nSPS) is 16.4. The van der Waals surface area contributed by atoms with Crippen LogP contribution in [0.1, 0.15) is 24.0 Å². The fraction of sp³-hybridized carbons (Fsp3) is 0.263. The molecular weight excluding hydrogens is 320 g/mol. The Hall–Kier alpha value is -2.11. The SMILES string of the molecule is Cc1cccc(S(=O)(=O)NCC2(c3c[nH]c4ccccc34)CC2)c1. The first kappa shape index (κ1) is 15.4. The maximum atomic E-state index is 12.6. The molecule has 1 heterocycles. The Morgan fingerprint density at radius 2 is 1.92 bits per heavy atom. The van der Waals surface area contributed by atoms with E-state index in [0.717, 1.165) is 23.9 Å². The first-order valence-electron chi connectivity index (χ1n) is 8.13. The molecule has 1 aromatic heterocycles. The molecule has 2 N–H and O–H groups in total. The highest BCUT2D eigenvalue weighted by Crippen LogP contribution is 2.50. The van der Waals surface area contributed by atoms with Gasteiger partial charge >= 0.3 is 0 Å². The van der Waals surface area contributed by atoms with Crippen molar-refractivity contribution >= 4 is 20.9 Å². The van der Waals surface area contributed by atoms with Crippen LogP contribution in [-0.2, 0) is 15.4 Å². The van der Waals surface area contributed by atoms with Gasteiger partial charge in [-0.05, 0) is 49.1 Å². The molecule has 1 saturated carbocycles. The molecular formula is C19H20N2O2S. The Labute approximate surface area is 142 Å². The second kappa shape index (κ2) is 5.46. The number of H-pyrrole nitrogens is 1. The molecule has 1 aliphatic carbocycles. The lowest BCUT2D eigenvalue weighted by Gasteiger charge is -2.16. The fourth-order valence-corrected chi connectivity index (χ4v) is 4.53. The van der Waals surface area contributed by atoms with Gasteiger partial charge in [0.1, 0.15) is 0 Å². The Morgan fingerprint density at radius 1 is 1.12 bits per heavy atom. The van der Waals surface area contributed by atoms with E-state index in [-0.39, 0.29) is 5.41 Å². The van der Waals surface area contributed by atoms with Gasteiger partial charge in [-0.3, -0.25) is 0 Å². The molecule has 124 valence electrons. The number of rotatable bonds is 5. The van der Waals surface area contributed by atoms with Gasteiger partial charge in [0, 0.05) is 29.1 Å². The molecule has 0 unspecified atom stereocenters. The van der Waals surface area contributed by atoms with Crippen molar-refractivity contribution in [2.24, 2.45) is 0 Å². The van der Waals surface area contributed by atoms with E-state index in [1.54, 1.807) is 18.2 Å². The standard InChI is InChI=1S/C19H20N2O2S/c1-14-5-4-6-15(11-14)24(22,23)21-13-19(9-10-19)17-12-20-18-8-3-2-7-16(17)18/h2-8,11-12,20-21H,9-10,13H2,1H3. The molecule has 1 fully saturated rings. The number of sulfonamides is 1. The largest absolute Gasteiger partial charge is 0.361 e. The summed E-state index contributed by atoms with van der Waals surface area (Å²) in [5, 5.41) is 1.18. The summed E-state index contributed by atoms with van der Waals surface area (Å²) in [6, 6.07) is 15.2. The van der Waals surface area contributed by atoms with E-state index in [1.807, 2.05) is 37.4 Å². The van der Waals surface area contributed by atoms with Crippen LogP contribution in [0.25, 0.3) is 10.9 Å². The van der Waals surface area contributed by atoms with Crippen LogP contribution in [0.4, 0.5) is 0 Å². The Balaban J connectivity index is 1.59. The number of hydrogen-bond acceptors (Lipinski definition) is 2. The van der Waals surface area contributed by atoms with E-state index in [9.17, 15) is 8.42 Å². The van der Waals surface area contributed by atoms with Crippen molar-refractivity contribution in [3.63, 3.8) is 0 Å². The quantitative estimate of drug-likeness (QED) is 0.747. The molecule has 0 atom stereocenters. The summed E-state index contributed by atoms with van der Waals surface area (Å²) in [5.74, 6) is 0. The summed E-state index contributed by atoms with van der Waals surface area (Å²) in [5.41, 5.74) is 3.16. The van der Waals surface area contributed by atoms with Crippen molar-refractivity contribution in [3.8, 4) is 0 Å². The lowest BCUT2D eigenvalue weighted by atomic mass is 9.96. The second-order valence-corrected chi connectivity index (χ2v) is 8.44. The number of hydrogen-bond donors (Lipinski definition) is 2. The van der Waals surface area contributed by atoms with E-state index >= 15 is 0 Å². The highest BCUT2D eigenvalue weighted by molar-refractivity contribution is 7.89. The highest BCUT2D eigenvalue weighted by atomic mass is 32.2. The van der Waals surface area contributed by atoms with E-state index < -0.39 is 10.0 Å². The smallest absolute Gasteiger partial charge is 0.240 e. The van der Waals surface area contributed by atoms with Crippen LogP contribution in [0.3, 0.4) is 0 Å². The monoisotopic (exact) mass is 340 g/mol. The van der Waals surface area contributed by atoms with E-state index in [2.05, 4.69) is 15.8 Å². The predicted octanol–water partition coefficient (Wildman–Crippen LogP) is 3.49. The summed E-state index contributed by atoms with van der Waals surface area (Å²) in [6.07, 6.45) is 4.04. The van der Waals surface area contributed by atoms with Crippen molar-refractivity contribution in [3.05, 3.63) is 65.9 Å². The third-order valence-electron chi connectivity index (χ3n) is 4.91.